The number of ether oxygens (including phenoxy) is 2. The topological polar surface area (TPSA) is 166 Å². The summed E-state index contributed by atoms with van der Waals surface area (Å²) in [5.74, 6) is -0.425. The van der Waals surface area contributed by atoms with Crippen LogP contribution in [0.2, 0.25) is 5.02 Å². The number of hydrogen-bond donors (Lipinski definition) is 5. The highest BCUT2D eigenvalue weighted by Gasteiger charge is 2.19. The first kappa shape index (κ1) is 42.5. The summed E-state index contributed by atoms with van der Waals surface area (Å²) in [5, 5.41) is 38.1. The molecule has 57 heavy (non-hydrogen) atoms. The predicted octanol–water partition coefficient (Wildman–Crippen LogP) is 6.91. The van der Waals surface area contributed by atoms with Gasteiger partial charge in [0, 0.05) is 61.7 Å². The number of aliphatic hydroxyl groups excluding tert-OH is 1. The molecule has 1 heterocycles. The number of hydrogen-bond acceptors (Lipinski definition) is 10. The van der Waals surface area contributed by atoms with Gasteiger partial charge in [0.25, 0.3) is 0 Å². The Labute approximate surface area is 338 Å². The van der Waals surface area contributed by atoms with E-state index in [0.717, 1.165) is 64.7 Å². The minimum atomic E-state index is -1.19. The Bertz CT molecular complexity index is 2190. The molecule has 0 radical (unpaired) electrons. The molecule has 12 heteroatoms. The second kappa shape index (κ2) is 21.1. The van der Waals surface area contributed by atoms with Crippen molar-refractivity contribution in [2.75, 3.05) is 20.2 Å². The number of carboxylic acid groups (broad SMARTS) is 1. The van der Waals surface area contributed by atoms with E-state index >= 15 is 0 Å². The normalized spacial score (nSPS) is 12.1. The van der Waals surface area contributed by atoms with Crippen LogP contribution in [-0.4, -0.2) is 59.7 Å². The Balaban J connectivity index is 1.32. The van der Waals surface area contributed by atoms with Crippen molar-refractivity contribution in [1.29, 1.82) is 5.26 Å². The van der Waals surface area contributed by atoms with Gasteiger partial charge in [0.1, 0.15) is 43.1 Å². The zero-order valence-corrected chi connectivity index (χ0v) is 33.1. The van der Waals surface area contributed by atoms with E-state index in [2.05, 4.69) is 89.4 Å². The maximum Gasteiger partial charge on any atom is 0.323 e. The van der Waals surface area contributed by atoms with E-state index in [9.17, 15) is 25.1 Å². The molecular weight excluding hydrogens is 742 g/mol. The number of benzene rings is 4. The Hall–Kier alpha value is -5.61. The van der Waals surface area contributed by atoms with Crippen LogP contribution in [0, 0.1) is 25.2 Å². The zero-order valence-electron chi connectivity index (χ0n) is 32.3. The third-order valence-electron chi connectivity index (χ3n) is 9.93. The smallest absolute Gasteiger partial charge is 0.323 e. The number of nitrogens with zero attached hydrogens (tertiary/aromatic N) is 2. The number of carboxylic acids is 1. The lowest BCUT2D eigenvalue weighted by molar-refractivity contribution is -0.140. The van der Waals surface area contributed by atoms with Crippen LogP contribution in [0.15, 0.2) is 91.3 Å². The summed E-state index contributed by atoms with van der Waals surface area (Å²) in [6.45, 7) is 5.50. The number of aldehydes is 1. The molecule has 0 aliphatic carbocycles. The third kappa shape index (κ3) is 11.5. The van der Waals surface area contributed by atoms with Gasteiger partial charge in [-0.2, -0.15) is 5.26 Å². The lowest BCUT2D eigenvalue weighted by Crippen LogP contribution is -2.39. The van der Waals surface area contributed by atoms with Crippen LogP contribution >= 0.6 is 11.6 Å². The molecule has 5 aromatic rings. The van der Waals surface area contributed by atoms with Crippen LogP contribution in [-0.2, 0) is 35.9 Å². The molecule has 5 N–H and O–H groups in total. The second-order valence-corrected chi connectivity index (χ2v) is 14.1. The number of halogens is 1. The number of rotatable bonds is 21. The van der Waals surface area contributed by atoms with E-state index in [0.29, 0.717) is 39.6 Å². The van der Waals surface area contributed by atoms with Crippen LogP contribution in [0.1, 0.15) is 51.8 Å². The fourth-order valence-corrected chi connectivity index (χ4v) is 6.79. The number of pyridine rings is 1. The van der Waals surface area contributed by atoms with Gasteiger partial charge in [-0.05, 0) is 84.0 Å². The molecule has 2 atom stereocenters. The zero-order chi connectivity index (χ0) is 40.7. The summed E-state index contributed by atoms with van der Waals surface area (Å²) in [5.41, 5.74) is 10.5. The maximum atomic E-state index is 11.5. The van der Waals surface area contributed by atoms with Crippen molar-refractivity contribution in [3.63, 3.8) is 0 Å². The van der Waals surface area contributed by atoms with E-state index in [-0.39, 0.29) is 25.8 Å². The van der Waals surface area contributed by atoms with Crippen molar-refractivity contribution in [1.82, 2.24) is 20.9 Å². The van der Waals surface area contributed by atoms with Gasteiger partial charge >= 0.3 is 5.97 Å². The molecule has 0 aliphatic rings. The lowest BCUT2D eigenvalue weighted by atomic mass is 9.89. The Morgan fingerprint density at radius 1 is 0.895 bits per heavy atom. The minimum Gasteiger partial charge on any atom is -0.488 e. The van der Waals surface area contributed by atoms with E-state index in [1.54, 1.807) is 24.4 Å². The number of aromatic nitrogens is 1. The standard InChI is InChI=1S/C45H48ClN5O6/c1-29-35(28-57-44-19-43(56-27-33-17-32(20-47)22-49-23-33)36(18-41(44)46)24-51-42(26-53)45(54)55)7-4-10-39(29)40-11-5-9-38(30(40)2)34-14-12-31(13-15-34)21-50-25-37(48-3)8-6-16-52/h4-5,7,9-19,22-23,37,42,48,50-51,53H,6,8,21,24-28H2,1-3H3,(H,54,55). The number of aliphatic hydroxyl groups is 1. The first-order valence-corrected chi connectivity index (χ1v) is 19.1. The highest BCUT2D eigenvalue weighted by Crippen LogP contribution is 2.37. The summed E-state index contributed by atoms with van der Waals surface area (Å²) in [6.07, 6.45) is 5.38. The van der Waals surface area contributed by atoms with E-state index in [1.165, 1.54) is 11.8 Å². The molecule has 0 amide bonds. The first-order valence-electron chi connectivity index (χ1n) is 18.7. The molecule has 2 unspecified atom stereocenters. The lowest BCUT2D eigenvalue weighted by Gasteiger charge is -2.19. The number of aliphatic carboxylic acids is 1. The molecular formula is C45H48ClN5O6. The molecule has 0 saturated carbocycles. The number of nitriles is 1. The summed E-state index contributed by atoms with van der Waals surface area (Å²) in [6, 6.07) is 27.2. The molecule has 1 aromatic heterocycles. The van der Waals surface area contributed by atoms with Crippen LogP contribution in [0.25, 0.3) is 22.3 Å². The number of carbonyl (C=O) groups excluding carboxylic acids is 1. The number of nitrogens with one attached hydrogen (secondary N) is 3. The van der Waals surface area contributed by atoms with Crippen LogP contribution in [0.5, 0.6) is 11.5 Å². The molecule has 0 spiro atoms. The highest BCUT2D eigenvalue weighted by atomic mass is 35.5. The molecule has 0 fully saturated rings. The molecule has 0 bridgehead atoms. The van der Waals surface area contributed by atoms with E-state index < -0.39 is 18.6 Å². The highest BCUT2D eigenvalue weighted by molar-refractivity contribution is 6.32. The SMILES string of the molecule is CNC(CCC=O)CNCc1ccc(-c2cccc(-c3cccc(COc4cc(OCc5cncc(C#N)c5)c(CNC(CO)C(=O)O)cc4Cl)c3C)c2C)cc1. The Morgan fingerprint density at radius 3 is 2.32 bits per heavy atom. The summed E-state index contributed by atoms with van der Waals surface area (Å²) in [7, 11) is 1.92. The quantitative estimate of drug-likeness (QED) is 0.0491. The van der Waals surface area contributed by atoms with E-state index in [4.69, 9.17) is 21.1 Å². The number of carbonyl (C=O) groups is 2. The molecule has 0 aliphatic heterocycles. The van der Waals surface area contributed by atoms with Crippen molar-refractivity contribution < 1.29 is 29.3 Å². The third-order valence-corrected chi connectivity index (χ3v) is 10.2. The van der Waals surface area contributed by atoms with Crippen molar-refractivity contribution in [3.8, 4) is 39.8 Å². The van der Waals surface area contributed by atoms with Gasteiger partial charge in [-0.25, -0.2) is 0 Å². The molecule has 11 nitrogen and oxygen atoms in total. The van der Waals surface area contributed by atoms with Gasteiger partial charge in [-0.1, -0.05) is 72.3 Å². The largest absolute Gasteiger partial charge is 0.488 e. The average molecular weight is 790 g/mol. The minimum absolute atomic E-state index is 0.0475. The predicted molar refractivity (Wildman–Crippen MR) is 221 cm³/mol. The Morgan fingerprint density at radius 2 is 1.61 bits per heavy atom. The maximum absolute atomic E-state index is 11.5. The van der Waals surface area contributed by atoms with Gasteiger partial charge < -0.3 is 35.1 Å². The van der Waals surface area contributed by atoms with Gasteiger partial charge in [0.2, 0.25) is 0 Å². The van der Waals surface area contributed by atoms with Gasteiger partial charge in [0.15, 0.2) is 0 Å². The molecule has 5 rings (SSSR count). The second-order valence-electron chi connectivity index (χ2n) is 13.7. The fraction of sp³-hybridized carbons (Fsp3) is 0.289. The van der Waals surface area contributed by atoms with Crippen molar-refractivity contribution >= 4 is 23.9 Å². The first-order chi connectivity index (χ1) is 27.6. The number of likely N-dealkylation sites (N-methyl/N-ethyl adjacent to an activating group) is 1. The Kier molecular flexibility index (Phi) is 15.7. The van der Waals surface area contributed by atoms with Crippen LogP contribution < -0.4 is 25.4 Å². The van der Waals surface area contributed by atoms with Crippen LogP contribution in [0.4, 0.5) is 0 Å². The van der Waals surface area contributed by atoms with Crippen LogP contribution in [0.3, 0.4) is 0 Å². The van der Waals surface area contributed by atoms with E-state index in [1.807, 2.05) is 19.2 Å². The van der Waals surface area contributed by atoms with Gasteiger partial charge in [-0.15, -0.1) is 0 Å². The molecule has 4 aromatic carbocycles. The van der Waals surface area contributed by atoms with Crippen molar-refractivity contribution in [3.05, 3.63) is 135 Å². The monoisotopic (exact) mass is 789 g/mol. The summed E-state index contributed by atoms with van der Waals surface area (Å²) >= 11 is 6.73. The average Bonchev–Trinajstić information content (AvgIpc) is 3.22. The van der Waals surface area contributed by atoms with Crippen molar-refractivity contribution in [2.45, 2.75) is 65.1 Å². The molecule has 0 saturated heterocycles. The van der Waals surface area contributed by atoms with Gasteiger partial charge in [-0.3, -0.25) is 15.1 Å². The summed E-state index contributed by atoms with van der Waals surface area (Å²) in [4.78, 5) is 26.4. The summed E-state index contributed by atoms with van der Waals surface area (Å²) < 4.78 is 12.5. The molecule has 296 valence electrons. The van der Waals surface area contributed by atoms with Crippen molar-refractivity contribution in [2.24, 2.45) is 0 Å². The fourth-order valence-electron chi connectivity index (χ4n) is 6.55. The van der Waals surface area contributed by atoms with Gasteiger partial charge in [0.05, 0.1) is 17.2 Å².